The average molecular weight is 330 g/mol. The topological polar surface area (TPSA) is 46.9 Å². The molecule has 5 heteroatoms. The second-order valence-electron chi connectivity index (χ2n) is 5.30. The minimum absolute atomic E-state index is 0.188. The molecule has 0 atom stereocenters. The summed E-state index contributed by atoms with van der Waals surface area (Å²) in [5.74, 6) is -0.188. The van der Waals surface area contributed by atoms with Crippen molar-refractivity contribution in [3.05, 3.63) is 70.5 Å². The second-order valence-corrected chi connectivity index (χ2v) is 5.66. The van der Waals surface area contributed by atoms with Crippen LogP contribution in [0, 0.1) is 13.8 Å². The van der Waals surface area contributed by atoms with Crippen LogP contribution in [0.4, 0.5) is 0 Å². The normalized spacial score (nSPS) is 10.9. The molecular formula is C18H20ClN3O. The number of carbonyl (C=O) groups excluding carboxylic acids is 1. The Morgan fingerprint density at radius 3 is 2.70 bits per heavy atom. The molecule has 0 aliphatic rings. The molecule has 1 aromatic carbocycles. The molecule has 0 saturated carbocycles. The number of benzene rings is 1. The van der Waals surface area contributed by atoms with E-state index in [1.54, 1.807) is 16.8 Å². The summed E-state index contributed by atoms with van der Waals surface area (Å²) in [6.07, 6.45) is 4.77. The van der Waals surface area contributed by atoms with Gasteiger partial charge in [0.05, 0.1) is 12.2 Å². The highest BCUT2D eigenvalue weighted by molar-refractivity contribution is 6.31. The molecule has 23 heavy (non-hydrogen) atoms. The third-order valence-electron chi connectivity index (χ3n) is 3.38. The summed E-state index contributed by atoms with van der Waals surface area (Å²) in [4.78, 5) is 11.6. The summed E-state index contributed by atoms with van der Waals surface area (Å²) in [5.41, 5.74) is 3.88. The lowest BCUT2D eigenvalue weighted by Crippen LogP contribution is -2.20. The van der Waals surface area contributed by atoms with Crippen molar-refractivity contribution in [2.45, 2.75) is 20.4 Å². The number of nitrogens with one attached hydrogen (secondary N) is 1. The fourth-order valence-corrected chi connectivity index (χ4v) is 2.42. The van der Waals surface area contributed by atoms with Gasteiger partial charge in [0, 0.05) is 18.2 Å². The van der Waals surface area contributed by atoms with Crippen LogP contribution in [0.15, 0.2) is 43.0 Å². The molecule has 0 unspecified atom stereocenters. The van der Waals surface area contributed by atoms with Crippen molar-refractivity contribution in [3.63, 3.8) is 0 Å². The zero-order valence-electron chi connectivity index (χ0n) is 13.3. The van der Waals surface area contributed by atoms with Gasteiger partial charge < -0.3 is 5.32 Å². The van der Waals surface area contributed by atoms with E-state index in [9.17, 15) is 4.79 Å². The third kappa shape index (κ3) is 4.57. The molecule has 1 aromatic heterocycles. The van der Waals surface area contributed by atoms with Gasteiger partial charge in [-0.25, -0.2) is 4.68 Å². The first-order chi connectivity index (χ1) is 11.0. The van der Waals surface area contributed by atoms with E-state index in [1.807, 2.05) is 6.92 Å². The van der Waals surface area contributed by atoms with Crippen LogP contribution in [0.3, 0.4) is 0 Å². The molecule has 0 aliphatic carbocycles. The average Bonchev–Trinajstić information content (AvgIpc) is 2.79. The fraction of sp³-hybridized carbons (Fsp3) is 0.222. The summed E-state index contributed by atoms with van der Waals surface area (Å²) >= 11 is 6.40. The van der Waals surface area contributed by atoms with E-state index in [1.165, 1.54) is 11.6 Å². The first kappa shape index (κ1) is 17.0. The molecule has 0 spiro atoms. The summed E-state index contributed by atoms with van der Waals surface area (Å²) in [6.45, 7) is 8.51. The third-order valence-corrected chi connectivity index (χ3v) is 3.78. The number of aromatic nitrogens is 2. The monoisotopic (exact) mass is 329 g/mol. The van der Waals surface area contributed by atoms with Crippen LogP contribution in [-0.4, -0.2) is 22.2 Å². The number of aryl methyl sites for hydroxylation is 2. The van der Waals surface area contributed by atoms with E-state index >= 15 is 0 Å². The molecule has 0 bridgehead atoms. The first-order valence-corrected chi connectivity index (χ1v) is 7.74. The molecule has 4 nitrogen and oxygen atoms in total. The Labute approximate surface area is 141 Å². The lowest BCUT2D eigenvalue weighted by Gasteiger charge is -2.04. The van der Waals surface area contributed by atoms with Gasteiger partial charge in [-0.15, -0.1) is 6.58 Å². The molecule has 2 aromatic rings. The minimum Gasteiger partial charge on any atom is -0.349 e. The molecule has 1 heterocycles. The zero-order valence-corrected chi connectivity index (χ0v) is 14.1. The highest BCUT2D eigenvalue weighted by atomic mass is 35.5. The van der Waals surface area contributed by atoms with Crippen LogP contribution < -0.4 is 5.32 Å². The van der Waals surface area contributed by atoms with E-state index < -0.39 is 0 Å². The van der Waals surface area contributed by atoms with Crippen LogP contribution in [-0.2, 0) is 11.3 Å². The number of carbonyl (C=O) groups is 1. The molecule has 0 fully saturated rings. The Morgan fingerprint density at radius 1 is 1.35 bits per heavy atom. The van der Waals surface area contributed by atoms with Crippen LogP contribution >= 0.6 is 11.6 Å². The summed E-state index contributed by atoms with van der Waals surface area (Å²) in [5, 5.41) is 7.66. The highest BCUT2D eigenvalue weighted by Gasteiger charge is 2.11. The number of amides is 1. The lowest BCUT2D eigenvalue weighted by molar-refractivity contribution is -0.116. The van der Waals surface area contributed by atoms with Crippen molar-refractivity contribution < 1.29 is 4.79 Å². The standard InChI is InChI=1S/C18H20ClN3O/c1-4-11-20-17(23)10-9-16-14(3)21-22(18(16)19)12-15-7-5-13(2)6-8-15/h4-10H,1,11-12H2,2-3H3,(H,20,23)/b10-9+. The van der Waals surface area contributed by atoms with Crippen molar-refractivity contribution in [2.75, 3.05) is 6.54 Å². The SMILES string of the molecule is C=CCNC(=O)/C=C/c1c(C)nn(Cc2ccc(C)cc2)c1Cl. The molecule has 120 valence electrons. The van der Waals surface area contributed by atoms with Gasteiger partial charge >= 0.3 is 0 Å². The van der Waals surface area contributed by atoms with Crippen molar-refractivity contribution in [3.8, 4) is 0 Å². The Balaban J connectivity index is 2.15. The van der Waals surface area contributed by atoms with Crippen LogP contribution in [0.1, 0.15) is 22.4 Å². The number of halogens is 1. The minimum atomic E-state index is -0.188. The largest absolute Gasteiger partial charge is 0.349 e. The molecule has 2 rings (SSSR count). The van der Waals surface area contributed by atoms with Crippen molar-refractivity contribution >= 4 is 23.6 Å². The van der Waals surface area contributed by atoms with E-state index in [4.69, 9.17) is 11.6 Å². The molecular weight excluding hydrogens is 310 g/mol. The van der Waals surface area contributed by atoms with Gasteiger partial charge in [0.1, 0.15) is 5.15 Å². The van der Waals surface area contributed by atoms with E-state index in [2.05, 4.69) is 48.2 Å². The maximum absolute atomic E-state index is 11.6. The maximum atomic E-state index is 11.6. The van der Waals surface area contributed by atoms with Crippen molar-refractivity contribution in [1.82, 2.24) is 15.1 Å². The van der Waals surface area contributed by atoms with Gasteiger partial charge in [-0.3, -0.25) is 4.79 Å². The van der Waals surface area contributed by atoms with Crippen LogP contribution in [0.25, 0.3) is 6.08 Å². The Morgan fingerprint density at radius 2 is 2.04 bits per heavy atom. The van der Waals surface area contributed by atoms with Gasteiger partial charge in [-0.05, 0) is 25.5 Å². The first-order valence-electron chi connectivity index (χ1n) is 7.36. The lowest BCUT2D eigenvalue weighted by atomic mass is 10.1. The van der Waals surface area contributed by atoms with E-state index in [0.29, 0.717) is 18.2 Å². The maximum Gasteiger partial charge on any atom is 0.244 e. The predicted molar refractivity (Wildman–Crippen MR) is 94.5 cm³/mol. The fourth-order valence-electron chi connectivity index (χ4n) is 2.12. The molecule has 0 radical (unpaired) electrons. The summed E-state index contributed by atoms with van der Waals surface area (Å²) < 4.78 is 1.74. The van der Waals surface area contributed by atoms with E-state index in [0.717, 1.165) is 16.8 Å². The molecule has 1 amide bonds. The zero-order chi connectivity index (χ0) is 16.8. The number of hydrogen-bond acceptors (Lipinski definition) is 2. The van der Waals surface area contributed by atoms with Crippen molar-refractivity contribution in [2.24, 2.45) is 0 Å². The van der Waals surface area contributed by atoms with Crippen LogP contribution in [0.5, 0.6) is 0 Å². The Bertz CT molecular complexity index is 729. The van der Waals surface area contributed by atoms with Gasteiger partial charge in [0.2, 0.25) is 5.91 Å². The van der Waals surface area contributed by atoms with Gasteiger partial charge in [-0.1, -0.05) is 47.5 Å². The molecule has 0 aliphatic heterocycles. The summed E-state index contributed by atoms with van der Waals surface area (Å²) in [6, 6.07) is 8.23. The van der Waals surface area contributed by atoms with Gasteiger partial charge in [0.25, 0.3) is 0 Å². The number of hydrogen-bond donors (Lipinski definition) is 1. The molecule has 1 N–H and O–H groups in total. The van der Waals surface area contributed by atoms with Gasteiger partial charge in [0.15, 0.2) is 0 Å². The number of nitrogens with zero attached hydrogens (tertiary/aromatic N) is 2. The number of rotatable bonds is 6. The Hall–Kier alpha value is -2.33. The quantitative estimate of drug-likeness (QED) is 0.651. The summed E-state index contributed by atoms with van der Waals surface area (Å²) in [7, 11) is 0. The van der Waals surface area contributed by atoms with Crippen molar-refractivity contribution in [1.29, 1.82) is 0 Å². The van der Waals surface area contributed by atoms with Gasteiger partial charge in [-0.2, -0.15) is 5.10 Å². The Kier molecular flexibility index (Phi) is 5.77. The predicted octanol–water partition coefficient (Wildman–Crippen LogP) is 3.52. The van der Waals surface area contributed by atoms with Crippen LogP contribution in [0.2, 0.25) is 5.15 Å². The smallest absolute Gasteiger partial charge is 0.244 e. The van der Waals surface area contributed by atoms with E-state index in [-0.39, 0.29) is 5.91 Å². The molecule has 0 saturated heterocycles. The highest BCUT2D eigenvalue weighted by Crippen LogP contribution is 2.22. The second kappa shape index (κ2) is 7.79.